The van der Waals surface area contributed by atoms with Gasteiger partial charge in [0.1, 0.15) is 0 Å². The fourth-order valence-corrected chi connectivity index (χ4v) is 18.6. The van der Waals surface area contributed by atoms with E-state index in [0.29, 0.717) is 107 Å². The van der Waals surface area contributed by atoms with Crippen LogP contribution in [-0.4, -0.2) is 56.6 Å². The predicted octanol–water partition coefficient (Wildman–Crippen LogP) is 32.5. The predicted molar refractivity (Wildman–Crippen MR) is 519 cm³/mol. The Hall–Kier alpha value is -3.12. The van der Waals surface area contributed by atoms with Crippen molar-refractivity contribution < 1.29 is 121 Å². The van der Waals surface area contributed by atoms with E-state index in [9.17, 15) is 52.7 Å². The molecule has 0 aromatic heterocycles. The second-order valence-electron chi connectivity index (χ2n) is 34.4. The number of hydrogen-bond donors (Lipinski definition) is 7. The van der Waals surface area contributed by atoms with E-state index < -0.39 is 47.0 Å². The van der Waals surface area contributed by atoms with Gasteiger partial charge in [0, 0.05) is 54.0 Å². The van der Waals surface area contributed by atoms with Gasteiger partial charge < -0.3 is 102 Å². The van der Waals surface area contributed by atoms with Crippen LogP contribution < -0.4 is 37.2 Å². The number of benzene rings is 4. The van der Waals surface area contributed by atoms with Crippen molar-refractivity contribution in [2.24, 2.45) is 53.3 Å². The van der Waals surface area contributed by atoms with E-state index in [0.717, 1.165) is 60.4 Å². The van der Waals surface area contributed by atoms with Crippen molar-refractivity contribution >= 4 is 92.1 Å². The first-order valence-corrected chi connectivity index (χ1v) is 44.1. The van der Waals surface area contributed by atoms with Crippen LogP contribution in [0.25, 0.3) is 0 Å². The zero-order valence-electron chi connectivity index (χ0n) is 79.9. The first-order chi connectivity index (χ1) is 53.5. The molecule has 7 N–H and O–H groups in total. The molecule has 0 bridgehead atoms. The number of halogens is 12. The number of hydrogen-bond acceptors (Lipinski definition) is 4. The number of rotatable bonds is 12. The minimum atomic E-state index is -4.36. The summed E-state index contributed by atoms with van der Waals surface area (Å²) >= 11 is 21.2. The summed E-state index contributed by atoms with van der Waals surface area (Å²) in [6, 6.07) is 16.5. The summed E-state index contributed by atoms with van der Waals surface area (Å²) in [5.41, 5.74) is 0.997. The first kappa shape index (κ1) is 138. The SMILES string of the molecule is C1CCCC1.C1CCCC1.CC1CCCC1.CC1CCCC1.Cc1cc(NC(=S)N(C)[C@@H](C)C2CCCC2C)cc(C(F)(F)F)c1.Cc1cc(NC(=S)N[C@@H](C)C2CCCC2)cc(C(F)(F)F)c1.Cc1cc(NC(=S)N[C@@H](C)C2CCCC2C)cc(C(F)(F)F)c1.Cc1cc(NC(=S)N[C@@H](C)C2CCCC2C)cc(C(F)(F)F)c1.[CH3-].[CH3-].[CH3-].[CH3-].[CH3-].[CH3-].[CH3-].[CH3-].[Fe+2].[Fe+2].[Fe+2].[Fe+2]. The van der Waals surface area contributed by atoms with Gasteiger partial charge in [-0.15, -0.1) is 0 Å². The van der Waals surface area contributed by atoms with Gasteiger partial charge in [0.15, 0.2) is 20.4 Å². The summed E-state index contributed by atoms with van der Waals surface area (Å²) in [5, 5.41) is 22.8. The number of thiocarbonyl (C=S) groups is 4. The monoisotopic (exact) mass is 2030 g/mol. The Morgan fingerprint density at radius 2 is 0.524 bits per heavy atom. The zero-order valence-corrected chi connectivity index (χ0v) is 87.6. The van der Waals surface area contributed by atoms with Crippen LogP contribution in [0.2, 0.25) is 0 Å². The molecule has 4 aromatic carbocycles. The van der Waals surface area contributed by atoms with Gasteiger partial charge in [-0.1, -0.05) is 202 Å². The average molecular weight is 2030 g/mol. The zero-order chi connectivity index (χ0) is 84.7. The van der Waals surface area contributed by atoms with Crippen LogP contribution in [0, 0.1) is 140 Å². The van der Waals surface area contributed by atoms with Crippen molar-refractivity contribution in [3.05, 3.63) is 177 Å². The Balaban J connectivity index is -0.000000219. The number of aryl methyl sites for hydroxylation is 4. The van der Waals surface area contributed by atoms with Gasteiger partial charge in [0.25, 0.3) is 0 Å². The molecule has 8 nitrogen and oxygen atoms in total. The summed E-state index contributed by atoms with van der Waals surface area (Å²) in [6.07, 6.45) is 25.2. The summed E-state index contributed by atoms with van der Waals surface area (Å²) < 4.78 is 155. The molecule has 28 heteroatoms. The van der Waals surface area contributed by atoms with Crippen LogP contribution in [-0.2, 0) is 93.0 Å². The van der Waals surface area contributed by atoms with Crippen molar-refractivity contribution in [2.75, 3.05) is 28.3 Å². The maximum atomic E-state index is 12.9. The van der Waals surface area contributed by atoms with Crippen molar-refractivity contribution in [1.29, 1.82) is 0 Å². The molecule has 4 aromatic rings. The molecule has 6 unspecified atom stereocenters. The molecule has 732 valence electrons. The molecule has 126 heavy (non-hydrogen) atoms. The molecule has 0 heterocycles. The molecular formula is C98H160F12Fe4N8S4. The Morgan fingerprint density at radius 1 is 0.302 bits per heavy atom. The maximum absolute atomic E-state index is 12.9. The molecule has 0 aliphatic heterocycles. The molecule has 0 radical (unpaired) electrons. The van der Waals surface area contributed by atoms with Crippen molar-refractivity contribution in [3.63, 3.8) is 0 Å². The molecule has 0 saturated heterocycles. The number of alkyl halides is 12. The quantitative estimate of drug-likeness (QED) is 0.0319. The van der Waals surface area contributed by atoms with Crippen LogP contribution in [0.1, 0.15) is 306 Å². The van der Waals surface area contributed by atoms with E-state index in [2.05, 4.69) is 99.5 Å². The largest absolute Gasteiger partial charge is 2.00 e. The van der Waals surface area contributed by atoms with Gasteiger partial charge in [-0.05, 0) is 285 Å². The van der Waals surface area contributed by atoms with E-state index in [1.807, 2.05) is 11.9 Å². The van der Waals surface area contributed by atoms with E-state index >= 15 is 0 Å². The van der Waals surface area contributed by atoms with Crippen LogP contribution in [0.4, 0.5) is 75.4 Å². The summed E-state index contributed by atoms with van der Waals surface area (Å²) in [5.74, 6) is 6.31. The number of nitrogens with zero attached hydrogens (tertiary/aromatic N) is 1. The van der Waals surface area contributed by atoms with E-state index in [1.54, 1.807) is 52.0 Å². The van der Waals surface area contributed by atoms with Crippen molar-refractivity contribution in [1.82, 2.24) is 20.9 Å². The Labute approximate surface area is 823 Å². The normalized spacial score (nSPS) is 19.9. The first-order valence-electron chi connectivity index (χ1n) is 42.5. The molecule has 8 aliphatic rings. The van der Waals surface area contributed by atoms with Crippen molar-refractivity contribution in [3.8, 4) is 0 Å². The standard InChI is InChI=1S/C18H25F3N2S.2C17H23F3N2S.C16H21F3N2S.2C6H12.2C5H10.8CH3.4Fe/c1-11-8-14(18(19,20)21)10-15(9-11)22-17(24)23(4)13(3)16-7-5-6-12(16)2;2*1-10-7-13(17(18,19)20)9-14(8-10)22-16(23)21-12(3)15-6-4-5-11(15)2;1-10-7-13(16(17,18)19)9-14(8-10)21-15(22)20-11(2)12-5-3-4-6-12;2*1-6-4-2-3-5-6;2*1-2-4-5-3-1;;;;;;;;;;;;/h8-10,12-13,16H,5-7H2,1-4H3,(H,22,24);2*7-9,11-12,15H,4-6H2,1-3H3,(H2,21,22,23);7-9,11-12H,3-6H2,1-2H3,(H2,20,21,22);2*6H,2-5H2,1H3;2*1-5H2;8*1H3;;;;/q;;;;;;;;8*-1;4*+2/t12?,13-,16?;2*11?,12-,15?;11-;;;;;;;;;;;;;;;;/m0000................/s1. The third kappa shape index (κ3) is 52.5. The Bertz CT molecular complexity index is 3410. The Morgan fingerprint density at radius 3 is 0.738 bits per heavy atom. The van der Waals surface area contributed by atoms with Crippen LogP contribution in [0.5, 0.6) is 0 Å². The van der Waals surface area contributed by atoms with E-state index in [1.165, 1.54) is 199 Å². The fraction of sp³-hybridized carbons (Fsp3) is 0.633. The molecule has 12 rings (SSSR count). The van der Waals surface area contributed by atoms with Gasteiger partial charge in [-0.3, -0.25) is 0 Å². The minimum Gasteiger partial charge on any atom is -0.360 e. The summed E-state index contributed by atoms with van der Waals surface area (Å²) in [4.78, 5) is 1.97. The minimum absolute atomic E-state index is 0. The summed E-state index contributed by atoms with van der Waals surface area (Å²) in [6.45, 7) is 26.3. The van der Waals surface area contributed by atoms with Gasteiger partial charge in [0.05, 0.1) is 22.3 Å². The van der Waals surface area contributed by atoms with Crippen LogP contribution in [0.15, 0.2) is 72.8 Å². The maximum Gasteiger partial charge on any atom is 2.00 e. The topological polar surface area (TPSA) is 87.5 Å². The molecule has 8 fully saturated rings. The van der Waals surface area contributed by atoms with Gasteiger partial charge in [0.2, 0.25) is 0 Å². The van der Waals surface area contributed by atoms with Crippen LogP contribution >= 0.6 is 48.9 Å². The molecule has 10 atom stereocenters. The smallest absolute Gasteiger partial charge is 0.360 e. The number of nitrogens with one attached hydrogen (secondary N) is 7. The third-order valence-corrected chi connectivity index (χ3v) is 25.3. The fourth-order valence-electron chi connectivity index (χ4n) is 17.4. The molecule has 0 spiro atoms. The Kier molecular flexibility index (Phi) is 75.5. The molecule has 8 saturated carbocycles. The summed E-state index contributed by atoms with van der Waals surface area (Å²) in [7, 11) is 1.91. The third-order valence-electron chi connectivity index (χ3n) is 24.2. The van der Waals surface area contributed by atoms with E-state index in [-0.39, 0.29) is 152 Å². The van der Waals surface area contributed by atoms with Crippen molar-refractivity contribution in [2.45, 2.75) is 338 Å². The average Bonchev–Trinajstić information content (AvgIpc) is 0.869. The molecular weight excluding hydrogens is 1870 g/mol. The van der Waals surface area contributed by atoms with Gasteiger partial charge in [-0.25, -0.2) is 0 Å². The second-order valence-corrected chi connectivity index (χ2v) is 36.0. The van der Waals surface area contributed by atoms with E-state index in [4.69, 9.17) is 48.9 Å². The number of anilines is 4. The molecule has 0 amide bonds. The van der Waals surface area contributed by atoms with Gasteiger partial charge >= 0.3 is 93.0 Å². The van der Waals surface area contributed by atoms with Crippen LogP contribution in [0.3, 0.4) is 0 Å². The second kappa shape index (κ2) is 68.8. The van der Waals surface area contributed by atoms with Gasteiger partial charge in [-0.2, -0.15) is 52.7 Å². The molecule has 8 aliphatic carbocycles.